The molecule has 1 aromatic carbocycles. The molecule has 1 aliphatic heterocycles. The summed E-state index contributed by atoms with van der Waals surface area (Å²) in [6.45, 7) is 1.46. The Labute approximate surface area is 155 Å². The highest BCUT2D eigenvalue weighted by Gasteiger charge is 2.31. The average molecular weight is 364 g/mol. The van der Waals surface area contributed by atoms with Gasteiger partial charge < -0.3 is 10.2 Å². The summed E-state index contributed by atoms with van der Waals surface area (Å²) in [5.41, 5.74) is 1.56. The van der Waals surface area contributed by atoms with Gasteiger partial charge in [0.15, 0.2) is 17.4 Å². The predicted octanol–water partition coefficient (Wildman–Crippen LogP) is 2.69. The Kier molecular flexibility index (Phi) is 3.95. The second-order valence-corrected chi connectivity index (χ2v) is 7.24. The first-order valence-corrected chi connectivity index (χ1v) is 9.39. The quantitative estimate of drug-likeness (QED) is 0.690. The zero-order valence-corrected chi connectivity index (χ0v) is 14.8. The number of rotatable bonds is 5. The number of ketones is 1. The smallest absolute Gasteiger partial charge is 0.245 e. The number of Topliss-reactive ketones (excluding diaryl/α,β-unsaturated/α-hetero) is 1. The maximum atomic E-state index is 12.9. The van der Waals surface area contributed by atoms with E-state index in [9.17, 15) is 4.79 Å². The van der Waals surface area contributed by atoms with Gasteiger partial charge in [-0.3, -0.25) is 4.79 Å². The molecule has 2 fully saturated rings. The molecule has 1 atom stereocenters. The molecule has 1 saturated carbocycles. The summed E-state index contributed by atoms with van der Waals surface area (Å²) in [6, 6.07) is 9.94. The maximum absolute atomic E-state index is 12.9. The number of hydrogen-bond donors (Lipinski definition) is 1. The highest BCUT2D eigenvalue weighted by atomic mass is 16.6. The SMILES string of the molecule is O=C(c1ccccc1)C1CCCN(c2nc3nonc3nc2NC2CC2)C1. The van der Waals surface area contributed by atoms with Crippen LogP contribution >= 0.6 is 0 Å². The summed E-state index contributed by atoms with van der Waals surface area (Å²) in [4.78, 5) is 24.2. The van der Waals surface area contributed by atoms with Crippen molar-refractivity contribution in [1.29, 1.82) is 0 Å². The molecule has 1 unspecified atom stereocenters. The van der Waals surface area contributed by atoms with Crippen molar-refractivity contribution in [2.24, 2.45) is 5.92 Å². The third-order valence-corrected chi connectivity index (χ3v) is 5.16. The van der Waals surface area contributed by atoms with Crippen LogP contribution in [0.4, 0.5) is 11.6 Å². The summed E-state index contributed by atoms with van der Waals surface area (Å²) in [5, 5.41) is 11.1. The largest absolute Gasteiger partial charge is 0.364 e. The van der Waals surface area contributed by atoms with Crippen LogP contribution in [0.25, 0.3) is 11.3 Å². The Morgan fingerprint density at radius 2 is 1.85 bits per heavy atom. The van der Waals surface area contributed by atoms with Crippen molar-refractivity contribution in [2.45, 2.75) is 31.7 Å². The second kappa shape index (κ2) is 6.61. The number of benzene rings is 1. The van der Waals surface area contributed by atoms with Crippen LogP contribution in [0.5, 0.6) is 0 Å². The molecule has 5 rings (SSSR count). The van der Waals surface area contributed by atoms with Crippen molar-refractivity contribution in [3.8, 4) is 0 Å². The zero-order valence-electron chi connectivity index (χ0n) is 14.8. The molecule has 3 heterocycles. The lowest BCUT2D eigenvalue weighted by atomic mass is 9.90. The molecule has 8 nitrogen and oxygen atoms in total. The van der Waals surface area contributed by atoms with Gasteiger partial charge >= 0.3 is 0 Å². The first-order chi connectivity index (χ1) is 13.3. The number of carbonyl (C=O) groups excluding carboxylic acids is 1. The minimum absolute atomic E-state index is 0.0529. The number of anilines is 2. The van der Waals surface area contributed by atoms with E-state index >= 15 is 0 Å². The maximum Gasteiger partial charge on any atom is 0.245 e. The van der Waals surface area contributed by atoms with Crippen molar-refractivity contribution < 1.29 is 9.42 Å². The van der Waals surface area contributed by atoms with Crippen LogP contribution in [0.15, 0.2) is 35.0 Å². The molecule has 2 aromatic heterocycles. The number of carbonyl (C=O) groups is 1. The van der Waals surface area contributed by atoms with Crippen LogP contribution < -0.4 is 10.2 Å². The Morgan fingerprint density at radius 3 is 2.63 bits per heavy atom. The van der Waals surface area contributed by atoms with Gasteiger partial charge in [-0.05, 0) is 36.0 Å². The fraction of sp³-hybridized carbons (Fsp3) is 0.421. The molecular weight excluding hydrogens is 344 g/mol. The molecule has 0 bridgehead atoms. The van der Waals surface area contributed by atoms with E-state index in [4.69, 9.17) is 4.63 Å². The van der Waals surface area contributed by atoms with E-state index in [1.807, 2.05) is 30.3 Å². The number of aromatic nitrogens is 4. The Hall–Kier alpha value is -3.03. The lowest BCUT2D eigenvalue weighted by molar-refractivity contribution is 0.0907. The number of piperidine rings is 1. The topological polar surface area (TPSA) is 97.0 Å². The van der Waals surface area contributed by atoms with Crippen LogP contribution in [0.1, 0.15) is 36.0 Å². The van der Waals surface area contributed by atoms with Crippen molar-refractivity contribution in [3.05, 3.63) is 35.9 Å². The fourth-order valence-electron chi connectivity index (χ4n) is 3.59. The summed E-state index contributed by atoms with van der Waals surface area (Å²) in [6.07, 6.45) is 4.08. The zero-order chi connectivity index (χ0) is 18.2. The molecule has 1 saturated heterocycles. The molecule has 0 spiro atoms. The van der Waals surface area contributed by atoms with Crippen molar-refractivity contribution in [2.75, 3.05) is 23.3 Å². The molecule has 8 heteroatoms. The second-order valence-electron chi connectivity index (χ2n) is 7.24. The third-order valence-electron chi connectivity index (χ3n) is 5.16. The molecule has 2 aliphatic rings. The Balaban J connectivity index is 1.44. The first kappa shape index (κ1) is 16.2. The highest BCUT2D eigenvalue weighted by Crippen LogP contribution is 2.33. The molecule has 0 amide bonds. The monoisotopic (exact) mass is 364 g/mol. The van der Waals surface area contributed by atoms with Gasteiger partial charge in [-0.2, -0.15) is 0 Å². The van der Waals surface area contributed by atoms with Gasteiger partial charge in [0, 0.05) is 30.6 Å². The molecule has 27 heavy (non-hydrogen) atoms. The Bertz CT molecular complexity index is 969. The number of fused-ring (bicyclic) bond motifs is 1. The van der Waals surface area contributed by atoms with Crippen LogP contribution in [0.2, 0.25) is 0 Å². The summed E-state index contributed by atoms with van der Waals surface area (Å²) < 4.78 is 4.77. The van der Waals surface area contributed by atoms with E-state index in [0.717, 1.165) is 43.6 Å². The molecule has 1 aliphatic carbocycles. The van der Waals surface area contributed by atoms with E-state index in [0.29, 0.717) is 29.7 Å². The predicted molar refractivity (Wildman–Crippen MR) is 99.7 cm³/mol. The van der Waals surface area contributed by atoms with Gasteiger partial charge in [0.2, 0.25) is 11.3 Å². The third kappa shape index (κ3) is 3.22. The fourth-order valence-corrected chi connectivity index (χ4v) is 3.59. The van der Waals surface area contributed by atoms with Gasteiger partial charge in [-0.1, -0.05) is 30.3 Å². The normalized spacial score (nSPS) is 20.0. The summed E-state index contributed by atoms with van der Waals surface area (Å²) in [5.74, 6) is 1.57. The van der Waals surface area contributed by atoms with E-state index < -0.39 is 0 Å². The summed E-state index contributed by atoms with van der Waals surface area (Å²) >= 11 is 0. The van der Waals surface area contributed by atoms with Crippen molar-refractivity contribution in [1.82, 2.24) is 20.3 Å². The lowest BCUT2D eigenvalue weighted by Crippen LogP contribution is -2.39. The van der Waals surface area contributed by atoms with E-state index in [2.05, 4.69) is 30.5 Å². The molecule has 3 aromatic rings. The van der Waals surface area contributed by atoms with Crippen LogP contribution in [0.3, 0.4) is 0 Å². The first-order valence-electron chi connectivity index (χ1n) is 9.39. The van der Waals surface area contributed by atoms with Gasteiger partial charge in [-0.25, -0.2) is 14.6 Å². The highest BCUT2D eigenvalue weighted by molar-refractivity contribution is 5.98. The minimum atomic E-state index is -0.0529. The standard InChI is InChI=1S/C19H20N6O2/c26-15(12-5-2-1-3-6-12)13-7-4-10-25(11-13)19-18(20-14-8-9-14)21-16-17(22-19)24-27-23-16/h1-3,5-6,13-14H,4,7-11H2,(H,20,21,23). The van der Waals surface area contributed by atoms with Crippen LogP contribution in [-0.4, -0.2) is 45.2 Å². The number of hydrogen-bond acceptors (Lipinski definition) is 8. The van der Waals surface area contributed by atoms with Crippen LogP contribution in [0, 0.1) is 5.92 Å². The van der Waals surface area contributed by atoms with E-state index in [1.54, 1.807) is 0 Å². The number of nitrogens with one attached hydrogen (secondary N) is 1. The van der Waals surface area contributed by atoms with E-state index in [1.165, 1.54) is 0 Å². The van der Waals surface area contributed by atoms with Crippen molar-refractivity contribution >= 4 is 28.7 Å². The lowest BCUT2D eigenvalue weighted by Gasteiger charge is -2.33. The van der Waals surface area contributed by atoms with E-state index in [-0.39, 0.29) is 11.7 Å². The van der Waals surface area contributed by atoms with Gasteiger partial charge in [0.05, 0.1) is 0 Å². The van der Waals surface area contributed by atoms with Crippen LogP contribution in [-0.2, 0) is 0 Å². The van der Waals surface area contributed by atoms with Gasteiger partial charge in [-0.15, -0.1) is 0 Å². The molecule has 0 radical (unpaired) electrons. The minimum Gasteiger partial charge on any atom is -0.364 e. The number of nitrogens with zero attached hydrogens (tertiary/aromatic N) is 5. The summed E-state index contributed by atoms with van der Waals surface area (Å²) in [7, 11) is 0. The van der Waals surface area contributed by atoms with Gasteiger partial charge in [0.25, 0.3) is 0 Å². The molecular formula is C19H20N6O2. The molecule has 1 N–H and O–H groups in total. The average Bonchev–Trinajstić information content (AvgIpc) is 3.42. The van der Waals surface area contributed by atoms with Gasteiger partial charge in [0.1, 0.15) is 0 Å². The Morgan fingerprint density at radius 1 is 1.07 bits per heavy atom. The molecule has 138 valence electrons. The van der Waals surface area contributed by atoms with Crippen molar-refractivity contribution in [3.63, 3.8) is 0 Å².